The summed E-state index contributed by atoms with van der Waals surface area (Å²) in [7, 11) is 1.46. The fraction of sp³-hybridized carbons (Fsp3) is 0.500. The van der Waals surface area contributed by atoms with Gasteiger partial charge < -0.3 is 16.0 Å². The number of urea groups is 1. The molecule has 7 nitrogen and oxygen atoms in total. The van der Waals surface area contributed by atoms with Gasteiger partial charge >= 0.3 is 6.03 Å². The summed E-state index contributed by atoms with van der Waals surface area (Å²) in [5, 5.41) is 10.3. The Balaban J connectivity index is 2.14. The SMILES string of the molecule is Cc1[nH]cnc1CSCCNC(=N)N(C)C(N)=O. The third-order valence-electron chi connectivity index (χ3n) is 2.38. The number of carbonyl (C=O) groups is 1. The van der Waals surface area contributed by atoms with Crippen LogP contribution in [0.15, 0.2) is 6.33 Å². The standard InChI is InChI=1S/C10H18N6OS/c1-7-8(15-6-14-7)5-18-4-3-13-9(11)16(2)10(12)17/h6H,3-5H2,1-2H3,(H2,11,13)(H2,12,17)(H,14,15). The Labute approximate surface area is 110 Å². The van der Waals surface area contributed by atoms with Crippen LogP contribution in [0.25, 0.3) is 0 Å². The first-order chi connectivity index (χ1) is 8.52. The normalized spacial score (nSPS) is 10.1. The maximum absolute atomic E-state index is 10.8. The number of rotatable bonds is 5. The summed E-state index contributed by atoms with van der Waals surface area (Å²) < 4.78 is 0. The summed E-state index contributed by atoms with van der Waals surface area (Å²) in [6.45, 7) is 2.59. The van der Waals surface area contributed by atoms with Gasteiger partial charge in [0.2, 0.25) is 0 Å². The molecule has 0 unspecified atom stereocenters. The van der Waals surface area contributed by atoms with Gasteiger partial charge in [-0.05, 0) is 6.92 Å². The molecule has 0 bridgehead atoms. The molecule has 0 aliphatic heterocycles. The van der Waals surface area contributed by atoms with E-state index in [4.69, 9.17) is 11.1 Å². The summed E-state index contributed by atoms with van der Waals surface area (Å²) in [6.07, 6.45) is 1.68. The number of primary amides is 1. The van der Waals surface area contributed by atoms with E-state index in [1.165, 1.54) is 7.05 Å². The lowest BCUT2D eigenvalue weighted by Gasteiger charge is -2.16. The van der Waals surface area contributed by atoms with Crippen LogP contribution in [0.2, 0.25) is 0 Å². The molecule has 1 heterocycles. The Kier molecular flexibility index (Phi) is 5.50. The number of guanidine groups is 1. The smallest absolute Gasteiger partial charge is 0.321 e. The second kappa shape index (κ2) is 6.90. The lowest BCUT2D eigenvalue weighted by molar-refractivity contribution is 0.234. The van der Waals surface area contributed by atoms with E-state index in [-0.39, 0.29) is 5.96 Å². The van der Waals surface area contributed by atoms with E-state index in [0.29, 0.717) is 6.54 Å². The molecule has 0 aromatic carbocycles. The monoisotopic (exact) mass is 270 g/mol. The quantitative estimate of drug-likeness (QED) is 0.354. The largest absolute Gasteiger partial charge is 0.355 e. The molecule has 0 aliphatic carbocycles. The zero-order chi connectivity index (χ0) is 13.5. The zero-order valence-corrected chi connectivity index (χ0v) is 11.3. The van der Waals surface area contributed by atoms with Gasteiger partial charge in [-0.25, -0.2) is 9.78 Å². The number of imidazole rings is 1. The van der Waals surface area contributed by atoms with Crippen molar-refractivity contribution in [3.8, 4) is 0 Å². The maximum atomic E-state index is 10.8. The van der Waals surface area contributed by atoms with Gasteiger partial charge in [0.15, 0.2) is 5.96 Å². The number of H-pyrrole nitrogens is 1. The minimum absolute atomic E-state index is 0.0130. The average Bonchev–Trinajstić information content (AvgIpc) is 2.73. The number of aromatic nitrogens is 2. The van der Waals surface area contributed by atoms with E-state index < -0.39 is 6.03 Å². The van der Waals surface area contributed by atoms with Crippen molar-refractivity contribution in [3.05, 3.63) is 17.7 Å². The molecule has 8 heteroatoms. The molecule has 0 aliphatic rings. The van der Waals surface area contributed by atoms with Gasteiger partial charge in [-0.15, -0.1) is 0 Å². The van der Waals surface area contributed by atoms with E-state index in [1.807, 2.05) is 6.92 Å². The Morgan fingerprint density at radius 2 is 2.44 bits per heavy atom. The molecule has 18 heavy (non-hydrogen) atoms. The molecule has 1 aromatic heterocycles. The first kappa shape index (κ1) is 14.4. The van der Waals surface area contributed by atoms with Crippen LogP contribution in [0.5, 0.6) is 0 Å². The van der Waals surface area contributed by atoms with Crippen LogP contribution >= 0.6 is 11.8 Å². The van der Waals surface area contributed by atoms with E-state index in [1.54, 1.807) is 18.1 Å². The summed E-state index contributed by atoms with van der Waals surface area (Å²) in [5.74, 6) is 1.66. The predicted octanol–water partition coefficient (Wildman–Crippen LogP) is 0.486. The van der Waals surface area contributed by atoms with Crippen molar-refractivity contribution in [3.63, 3.8) is 0 Å². The first-order valence-corrected chi connectivity index (χ1v) is 6.60. The predicted molar refractivity (Wildman–Crippen MR) is 72.6 cm³/mol. The first-order valence-electron chi connectivity index (χ1n) is 5.44. The highest BCUT2D eigenvalue weighted by Crippen LogP contribution is 2.11. The Morgan fingerprint density at radius 1 is 1.72 bits per heavy atom. The van der Waals surface area contributed by atoms with Crippen LogP contribution < -0.4 is 11.1 Å². The van der Waals surface area contributed by atoms with Gasteiger partial charge in [-0.3, -0.25) is 10.3 Å². The number of aryl methyl sites for hydroxylation is 1. The van der Waals surface area contributed by atoms with Crippen molar-refractivity contribution in [1.29, 1.82) is 5.41 Å². The van der Waals surface area contributed by atoms with E-state index in [0.717, 1.165) is 27.8 Å². The fourth-order valence-corrected chi connectivity index (χ4v) is 2.05. The average molecular weight is 270 g/mol. The number of aromatic amines is 1. The number of hydrogen-bond donors (Lipinski definition) is 4. The van der Waals surface area contributed by atoms with Crippen LogP contribution in [0.3, 0.4) is 0 Å². The minimum atomic E-state index is -0.646. The van der Waals surface area contributed by atoms with Crippen molar-refractivity contribution >= 4 is 23.8 Å². The number of hydrogen-bond acceptors (Lipinski definition) is 4. The molecule has 5 N–H and O–H groups in total. The molecule has 0 fully saturated rings. The van der Waals surface area contributed by atoms with Gasteiger partial charge in [0.05, 0.1) is 12.0 Å². The van der Waals surface area contributed by atoms with Crippen molar-refractivity contribution in [2.24, 2.45) is 5.73 Å². The lowest BCUT2D eigenvalue weighted by Crippen LogP contribution is -2.44. The Hall–Kier alpha value is -1.70. The number of thioether (sulfide) groups is 1. The van der Waals surface area contributed by atoms with Crippen LogP contribution in [0.1, 0.15) is 11.4 Å². The molecule has 0 radical (unpaired) electrons. The summed E-state index contributed by atoms with van der Waals surface area (Å²) >= 11 is 1.71. The molecule has 2 amide bonds. The third kappa shape index (κ3) is 4.28. The van der Waals surface area contributed by atoms with Crippen LogP contribution in [-0.4, -0.2) is 46.2 Å². The maximum Gasteiger partial charge on any atom is 0.321 e. The Morgan fingerprint density at radius 3 is 3.00 bits per heavy atom. The molecule has 0 atom stereocenters. The zero-order valence-electron chi connectivity index (χ0n) is 10.5. The van der Waals surface area contributed by atoms with Crippen molar-refractivity contribution in [2.75, 3.05) is 19.3 Å². The molecule has 0 saturated carbocycles. The number of nitrogens with one attached hydrogen (secondary N) is 3. The van der Waals surface area contributed by atoms with Crippen LogP contribution in [0.4, 0.5) is 4.79 Å². The van der Waals surface area contributed by atoms with Gasteiger partial charge in [0.25, 0.3) is 0 Å². The van der Waals surface area contributed by atoms with Crippen LogP contribution in [-0.2, 0) is 5.75 Å². The number of nitrogens with zero attached hydrogens (tertiary/aromatic N) is 2. The molecular weight excluding hydrogens is 252 g/mol. The van der Waals surface area contributed by atoms with E-state index in [9.17, 15) is 4.79 Å². The Bertz CT molecular complexity index is 418. The summed E-state index contributed by atoms with van der Waals surface area (Å²) in [5.41, 5.74) is 7.16. The fourth-order valence-electron chi connectivity index (χ4n) is 1.17. The van der Waals surface area contributed by atoms with Crippen LogP contribution in [0, 0.1) is 12.3 Å². The third-order valence-corrected chi connectivity index (χ3v) is 3.35. The molecule has 0 saturated heterocycles. The second-order valence-corrected chi connectivity index (χ2v) is 4.80. The molecular formula is C10H18N6OS. The van der Waals surface area contributed by atoms with Gasteiger partial charge in [-0.2, -0.15) is 11.8 Å². The van der Waals surface area contributed by atoms with E-state index in [2.05, 4.69) is 15.3 Å². The highest BCUT2D eigenvalue weighted by molar-refractivity contribution is 7.98. The number of amides is 2. The topological polar surface area (TPSA) is 111 Å². The van der Waals surface area contributed by atoms with Gasteiger partial charge in [0, 0.05) is 30.8 Å². The van der Waals surface area contributed by atoms with Crippen molar-refractivity contribution < 1.29 is 4.79 Å². The molecule has 0 spiro atoms. The van der Waals surface area contributed by atoms with Crippen molar-refractivity contribution in [1.82, 2.24) is 20.2 Å². The molecule has 100 valence electrons. The number of carbonyl (C=O) groups excluding carboxylic acids is 1. The second-order valence-electron chi connectivity index (χ2n) is 3.70. The number of nitrogens with two attached hydrogens (primary N) is 1. The summed E-state index contributed by atoms with van der Waals surface area (Å²) in [6, 6.07) is -0.646. The highest BCUT2D eigenvalue weighted by atomic mass is 32.2. The molecule has 1 rings (SSSR count). The van der Waals surface area contributed by atoms with Gasteiger partial charge in [0.1, 0.15) is 0 Å². The lowest BCUT2D eigenvalue weighted by atomic mass is 10.4. The minimum Gasteiger partial charge on any atom is -0.355 e. The highest BCUT2D eigenvalue weighted by Gasteiger charge is 2.08. The summed E-state index contributed by atoms with van der Waals surface area (Å²) in [4.78, 5) is 19.0. The van der Waals surface area contributed by atoms with Gasteiger partial charge in [-0.1, -0.05) is 0 Å². The van der Waals surface area contributed by atoms with Crippen molar-refractivity contribution in [2.45, 2.75) is 12.7 Å². The molecule has 1 aromatic rings. The van der Waals surface area contributed by atoms with E-state index >= 15 is 0 Å².